The first-order valence-corrected chi connectivity index (χ1v) is 7.45. The molecular weight excluding hydrogens is 248 g/mol. The van der Waals surface area contributed by atoms with Crippen LogP contribution in [0.15, 0.2) is 30.3 Å². The average Bonchev–Trinajstić information content (AvgIpc) is 2.70. The summed E-state index contributed by atoms with van der Waals surface area (Å²) in [6.07, 6.45) is 1.06. The molecule has 0 spiro atoms. The Morgan fingerprint density at radius 2 is 1.95 bits per heavy atom. The molecule has 3 nitrogen and oxygen atoms in total. The molecule has 1 aromatic rings. The van der Waals surface area contributed by atoms with Crippen molar-refractivity contribution in [2.24, 2.45) is 17.6 Å². The first-order chi connectivity index (χ1) is 9.33. The molecular formula is C17H26N2O. The van der Waals surface area contributed by atoms with Crippen LogP contribution in [0.4, 0.5) is 0 Å². The fraction of sp³-hybridized carbons (Fsp3) is 0.588. The van der Waals surface area contributed by atoms with Crippen molar-refractivity contribution in [2.75, 3.05) is 6.54 Å². The maximum absolute atomic E-state index is 12.8. The maximum atomic E-state index is 12.8. The van der Waals surface area contributed by atoms with Gasteiger partial charge in [-0.05, 0) is 31.7 Å². The Hall–Kier alpha value is -1.35. The van der Waals surface area contributed by atoms with Gasteiger partial charge in [0, 0.05) is 18.1 Å². The average molecular weight is 274 g/mol. The zero-order valence-electron chi connectivity index (χ0n) is 13.0. The lowest BCUT2D eigenvalue weighted by molar-refractivity contribution is -0.139. The van der Waals surface area contributed by atoms with E-state index in [1.54, 1.807) is 0 Å². The van der Waals surface area contributed by atoms with Gasteiger partial charge in [0.1, 0.15) is 0 Å². The Morgan fingerprint density at radius 3 is 2.45 bits per heavy atom. The normalized spacial score (nSPS) is 24.4. The minimum Gasteiger partial charge on any atom is -0.337 e. The monoisotopic (exact) mass is 274 g/mol. The van der Waals surface area contributed by atoms with E-state index in [0.29, 0.717) is 5.92 Å². The van der Waals surface area contributed by atoms with Crippen molar-refractivity contribution >= 4 is 5.91 Å². The van der Waals surface area contributed by atoms with E-state index in [4.69, 9.17) is 5.73 Å². The van der Waals surface area contributed by atoms with Crippen LogP contribution >= 0.6 is 0 Å². The van der Waals surface area contributed by atoms with E-state index in [2.05, 4.69) is 20.8 Å². The number of carbonyl (C=O) groups excluding carboxylic acids is 1. The summed E-state index contributed by atoms with van der Waals surface area (Å²) in [7, 11) is 0. The third-order valence-corrected chi connectivity index (χ3v) is 4.45. The van der Waals surface area contributed by atoms with Crippen molar-refractivity contribution < 1.29 is 4.79 Å². The van der Waals surface area contributed by atoms with E-state index in [-0.39, 0.29) is 23.4 Å². The topological polar surface area (TPSA) is 46.3 Å². The Bertz CT molecular complexity index is 469. The van der Waals surface area contributed by atoms with Crippen LogP contribution in [0, 0.1) is 11.8 Å². The third kappa shape index (κ3) is 2.88. The molecule has 20 heavy (non-hydrogen) atoms. The molecule has 1 amide bonds. The van der Waals surface area contributed by atoms with E-state index in [0.717, 1.165) is 18.5 Å². The molecule has 1 saturated heterocycles. The van der Waals surface area contributed by atoms with Crippen molar-refractivity contribution in [3.63, 3.8) is 0 Å². The lowest BCUT2D eigenvalue weighted by Gasteiger charge is -2.35. The number of hydrogen-bond acceptors (Lipinski definition) is 2. The van der Waals surface area contributed by atoms with Gasteiger partial charge in [0.15, 0.2) is 0 Å². The van der Waals surface area contributed by atoms with Gasteiger partial charge in [-0.15, -0.1) is 0 Å². The molecule has 1 aliphatic heterocycles. The second-order valence-corrected chi connectivity index (χ2v) is 6.80. The molecule has 0 aliphatic carbocycles. The Morgan fingerprint density at radius 1 is 1.35 bits per heavy atom. The standard InChI is InChI=1S/C17H26N2O/c1-12-10-17(3,4)19(11-12)16(20)13(2)15(18)14-8-6-5-7-9-14/h5-9,12-13,15H,10-11,18H2,1-4H3. The zero-order valence-corrected chi connectivity index (χ0v) is 13.0. The van der Waals surface area contributed by atoms with Gasteiger partial charge in [0.05, 0.1) is 5.92 Å². The SMILES string of the molecule is CC1CN(C(=O)C(C)C(N)c2ccccc2)C(C)(C)C1. The van der Waals surface area contributed by atoms with Crippen molar-refractivity contribution in [1.82, 2.24) is 4.90 Å². The minimum atomic E-state index is -0.240. The molecule has 3 unspecified atom stereocenters. The third-order valence-electron chi connectivity index (χ3n) is 4.45. The summed E-state index contributed by atoms with van der Waals surface area (Å²) < 4.78 is 0. The van der Waals surface area contributed by atoms with Crippen molar-refractivity contribution in [3.8, 4) is 0 Å². The summed E-state index contributed by atoms with van der Waals surface area (Å²) in [6.45, 7) is 9.29. The van der Waals surface area contributed by atoms with Gasteiger partial charge in [-0.2, -0.15) is 0 Å². The Labute approximate surface area is 122 Å². The number of likely N-dealkylation sites (tertiary alicyclic amines) is 1. The maximum Gasteiger partial charge on any atom is 0.227 e. The van der Waals surface area contributed by atoms with Crippen molar-refractivity contribution in [2.45, 2.75) is 45.7 Å². The minimum absolute atomic E-state index is 0.0544. The highest BCUT2D eigenvalue weighted by Gasteiger charge is 2.41. The second kappa shape index (κ2) is 5.57. The van der Waals surface area contributed by atoms with E-state index in [1.165, 1.54) is 0 Å². The summed E-state index contributed by atoms with van der Waals surface area (Å²) in [5.74, 6) is 0.548. The molecule has 0 radical (unpaired) electrons. The smallest absolute Gasteiger partial charge is 0.227 e. The van der Waals surface area contributed by atoms with Gasteiger partial charge in [-0.25, -0.2) is 0 Å². The fourth-order valence-corrected chi connectivity index (χ4v) is 3.34. The van der Waals surface area contributed by atoms with Crippen LogP contribution in [0.25, 0.3) is 0 Å². The van der Waals surface area contributed by atoms with Gasteiger partial charge >= 0.3 is 0 Å². The summed E-state index contributed by atoms with van der Waals surface area (Å²) in [6, 6.07) is 9.64. The van der Waals surface area contributed by atoms with Crippen molar-refractivity contribution in [3.05, 3.63) is 35.9 Å². The number of hydrogen-bond donors (Lipinski definition) is 1. The lowest BCUT2D eigenvalue weighted by Crippen LogP contribution is -2.47. The predicted molar refractivity (Wildman–Crippen MR) is 82.1 cm³/mol. The lowest BCUT2D eigenvalue weighted by atomic mass is 9.92. The molecule has 1 heterocycles. The van der Waals surface area contributed by atoms with Gasteiger partial charge in [0.25, 0.3) is 0 Å². The number of rotatable bonds is 3. The molecule has 3 heteroatoms. The summed E-state index contributed by atoms with van der Waals surface area (Å²) >= 11 is 0. The predicted octanol–water partition coefficient (Wildman–Crippen LogP) is 2.97. The fourth-order valence-electron chi connectivity index (χ4n) is 3.34. The molecule has 1 aromatic carbocycles. The molecule has 0 saturated carbocycles. The number of carbonyl (C=O) groups is 1. The molecule has 110 valence electrons. The Kier molecular flexibility index (Phi) is 4.19. The van der Waals surface area contributed by atoms with E-state index >= 15 is 0 Å². The van der Waals surface area contributed by atoms with Gasteiger partial charge in [0.2, 0.25) is 5.91 Å². The second-order valence-electron chi connectivity index (χ2n) is 6.80. The molecule has 2 N–H and O–H groups in total. The number of benzene rings is 1. The van der Waals surface area contributed by atoms with Crippen LogP contribution in [0.1, 0.15) is 45.7 Å². The van der Waals surface area contributed by atoms with E-state index in [9.17, 15) is 4.79 Å². The molecule has 0 bridgehead atoms. The van der Waals surface area contributed by atoms with Gasteiger partial charge in [-0.3, -0.25) is 4.79 Å². The summed E-state index contributed by atoms with van der Waals surface area (Å²) in [5, 5.41) is 0. The molecule has 0 aromatic heterocycles. The highest BCUT2D eigenvalue weighted by atomic mass is 16.2. The van der Waals surface area contributed by atoms with Crippen LogP contribution in [0.2, 0.25) is 0 Å². The first-order valence-electron chi connectivity index (χ1n) is 7.45. The van der Waals surface area contributed by atoms with E-state index in [1.807, 2.05) is 42.2 Å². The first kappa shape index (κ1) is 15.0. The van der Waals surface area contributed by atoms with Crippen LogP contribution in [-0.4, -0.2) is 22.9 Å². The summed E-state index contributed by atoms with van der Waals surface area (Å²) in [5.41, 5.74) is 7.25. The zero-order chi connectivity index (χ0) is 14.9. The number of nitrogens with two attached hydrogens (primary N) is 1. The van der Waals surface area contributed by atoms with Crippen LogP contribution < -0.4 is 5.73 Å². The Balaban J connectivity index is 2.13. The van der Waals surface area contributed by atoms with Gasteiger partial charge in [-0.1, -0.05) is 44.2 Å². The highest BCUT2D eigenvalue weighted by molar-refractivity contribution is 5.80. The summed E-state index contributed by atoms with van der Waals surface area (Å²) in [4.78, 5) is 14.8. The molecule has 1 aliphatic rings. The number of nitrogens with zero attached hydrogens (tertiary/aromatic N) is 1. The largest absolute Gasteiger partial charge is 0.337 e. The van der Waals surface area contributed by atoms with Crippen molar-refractivity contribution in [1.29, 1.82) is 0 Å². The van der Waals surface area contributed by atoms with Crippen LogP contribution in [0.3, 0.4) is 0 Å². The molecule has 3 atom stereocenters. The van der Waals surface area contributed by atoms with Gasteiger partial charge < -0.3 is 10.6 Å². The highest BCUT2D eigenvalue weighted by Crippen LogP contribution is 2.34. The van der Waals surface area contributed by atoms with Crippen LogP contribution in [-0.2, 0) is 4.79 Å². The number of amides is 1. The molecule has 1 fully saturated rings. The molecule has 2 rings (SSSR count). The van der Waals surface area contributed by atoms with Crippen LogP contribution in [0.5, 0.6) is 0 Å². The quantitative estimate of drug-likeness (QED) is 0.921. The van der Waals surface area contributed by atoms with E-state index < -0.39 is 0 Å².